The molecule has 0 aromatic heterocycles. The monoisotopic (exact) mass is 296 g/mol. The number of nitrogens with one attached hydrogen (secondary N) is 1. The molecule has 0 atom stereocenters. The Morgan fingerprint density at radius 1 is 1.38 bits per heavy atom. The van der Waals surface area contributed by atoms with Crippen molar-refractivity contribution in [2.45, 2.75) is 32.2 Å². The fourth-order valence-electron chi connectivity index (χ4n) is 1.90. The number of carbonyl (C=O) groups is 1. The van der Waals surface area contributed by atoms with Gasteiger partial charge in [-0.25, -0.2) is 0 Å². The Kier molecular flexibility index (Phi) is 6.10. The van der Waals surface area contributed by atoms with Crippen molar-refractivity contribution in [1.29, 1.82) is 0 Å². The summed E-state index contributed by atoms with van der Waals surface area (Å²) in [5.41, 5.74) is -0.868. The Morgan fingerprint density at radius 3 is 2.52 bits per heavy atom. The largest absolute Gasteiger partial charge is 0.477 e. The summed E-state index contributed by atoms with van der Waals surface area (Å²) in [7, 11) is 0. The lowest BCUT2D eigenvalue weighted by atomic mass is 9.94. The molecule has 1 rings (SSSR count). The first kappa shape index (κ1) is 16.9. The number of ether oxygens (including phenoxy) is 1. The predicted molar refractivity (Wildman–Crippen MR) is 77.1 cm³/mol. The maximum Gasteiger partial charge on any atom is 0.310 e. The zero-order valence-electron chi connectivity index (χ0n) is 12.2. The van der Waals surface area contributed by atoms with Gasteiger partial charge in [-0.2, -0.15) is 0 Å². The Hall–Kier alpha value is -2.15. The third-order valence-electron chi connectivity index (χ3n) is 3.48. The van der Waals surface area contributed by atoms with E-state index in [1.54, 1.807) is 6.07 Å². The molecule has 0 radical (unpaired) electrons. The lowest BCUT2D eigenvalue weighted by Crippen LogP contribution is -2.51. The van der Waals surface area contributed by atoms with Gasteiger partial charge in [0.15, 0.2) is 12.4 Å². The van der Waals surface area contributed by atoms with E-state index < -0.39 is 16.4 Å². The van der Waals surface area contributed by atoms with E-state index in [0.717, 1.165) is 0 Å². The van der Waals surface area contributed by atoms with Gasteiger partial charge in [-0.15, -0.1) is 0 Å². The number of aliphatic hydroxyl groups is 1. The summed E-state index contributed by atoms with van der Waals surface area (Å²) in [6.45, 7) is 3.22. The van der Waals surface area contributed by atoms with Gasteiger partial charge < -0.3 is 15.2 Å². The van der Waals surface area contributed by atoms with Gasteiger partial charge in [0.1, 0.15) is 0 Å². The molecular formula is C14H20N2O5. The van der Waals surface area contributed by atoms with Gasteiger partial charge >= 0.3 is 5.69 Å². The molecule has 0 heterocycles. The molecule has 0 spiro atoms. The summed E-state index contributed by atoms with van der Waals surface area (Å²) in [5, 5.41) is 22.9. The third-order valence-corrected chi connectivity index (χ3v) is 3.48. The van der Waals surface area contributed by atoms with Crippen LogP contribution in [-0.2, 0) is 4.79 Å². The van der Waals surface area contributed by atoms with E-state index in [1.807, 2.05) is 13.8 Å². The minimum absolute atomic E-state index is 0.0419. The topological polar surface area (TPSA) is 102 Å². The van der Waals surface area contributed by atoms with Gasteiger partial charge in [0.05, 0.1) is 17.1 Å². The van der Waals surface area contributed by atoms with E-state index in [9.17, 15) is 20.0 Å². The molecule has 0 bridgehead atoms. The van der Waals surface area contributed by atoms with Crippen LogP contribution >= 0.6 is 0 Å². The number of carbonyl (C=O) groups excluding carboxylic acids is 1. The van der Waals surface area contributed by atoms with Crippen molar-refractivity contribution in [2.75, 3.05) is 13.2 Å². The fraction of sp³-hybridized carbons (Fsp3) is 0.500. The first-order valence-electron chi connectivity index (χ1n) is 6.76. The summed E-state index contributed by atoms with van der Waals surface area (Å²) in [6, 6.07) is 5.86. The van der Waals surface area contributed by atoms with Crippen LogP contribution in [0.4, 0.5) is 5.69 Å². The van der Waals surface area contributed by atoms with Crippen LogP contribution in [0.5, 0.6) is 5.75 Å². The van der Waals surface area contributed by atoms with E-state index in [0.29, 0.717) is 12.8 Å². The van der Waals surface area contributed by atoms with E-state index >= 15 is 0 Å². The molecule has 0 unspecified atom stereocenters. The number of aliphatic hydroxyl groups excluding tert-OH is 1. The fourth-order valence-corrected chi connectivity index (χ4v) is 1.90. The van der Waals surface area contributed by atoms with Crippen molar-refractivity contribution < 1.29 is 19.6 Å². The van der Waals surface area contributed by atoms with Gasteiger partial charge in [0, 0.05) is 6.07 Å². The van der Waals surface area contributed by atoms with Crippen molar-refractivity contribution in [3.05, 3.63) is 34.4 Å². The van der Waals surface area contributed by atoms with E-state index in [-0.39, 0.29) is 24.7 Å². The van der Waals surface area contributed by atoms with Crippen molar-refractivity contribution >= 4 is 11.6 Å². The molecule has 1 aromatic carbocycles. The van der Waals surface area contributed by atoms with Crippen LogP contribution in [0.3, 0.4) is 0 Å². The lowest BCUT2D eigenvalue weighted by Gasteiger charge is -2.30. The molecule has 0 fully saturated rings. The molecule has 1 amide bonds. The van der Waals surface area contributed by atoms with E-state index in [4.69, 9.17) is 4.74 Å². The lowest BCUT2D eigenvalue weighted by molar-refractivity contribution is -0.385. The number of hydrogen-bond acceptors (Lipinski definition) is 5. The molecule has 2 N–H and O–H groups in total. The average molecular weight is 296 g/mol. The predicted octanol–water partition coefficient (Wildman–Crippen LogP) is 1.64. The molecule has 1 aromatic rings. The standard InChI is InChI=1S/C14H20N2O5/c1-3-14(4-2,10-17)15-13(18)9-21-12-8-6-5-7-11(12)16(19)20/h5-8,17H,3-4,9-10H2,1-2H3,(H,15,18). The molecule has 116 valence electrons. The highest BCUT2D eigenvalue weighted by Crippen LogP contribution is 2.25. The molecule has 0 aliphatic heterocycles. The second kappa shape index (κ2) is 7.58. The van der Waals surface area contributed by atoms with Gasteiger partial charge in [0.2, 0.25) is 0 Å². The zero-order valence-corrected chi connectivity index (χ0v) is 12.2. The number of rotatable bonds is 8. The van der Waals surface area contributed by atoms with Crippen LogP contribution in [0.25, 0.3) is 0 Å². The second-order valence-electron chi connectivity index (χ2n) is 4.71. The SMILES string of the molecule is CCC(CC)(CO)NC(=O)COc1ccccc1[N+](=O)[O-]. The Morgan fingerprint density at radius 2 is 2.00 bits per heavy atom. The maximum absolute atomic E-state index is 11.9. The Labute approximate surface area is 123 Å². The van der Waals surface area contributed by atoms with Crippen LogP contribution < -0.4 is 10.1 Å². The van der Waals surface area contributed by atoms with Crippen molar-refractivity contribution in [1.82, 2.24) is 5.32 Å². The molecule has 7 nitrogen and oxygen atoms in total. The number of para-hydroxylation sites is 2. The van der Waals surface area contributed by atoms with Gasteiger partial charge in [-0.1, -0.05) is 26.0 Å². The average Bonchev–Trinajstić information content (AvgIpc) is 2.51. The van der Waals surface area contributed by atoms with E-state index in [1.165, 1.54) is 18.2 Å². The third kappa shape index (κ3) is 4.42. The van der Waals surface area contributed by atoms with Crippen LogP contribution in [0.1, 0.15) is 26.7 Å². The molecule has 0 aliphatic carbocycles. The Bertz CT molecular complexity index is 492. The molecule has 0 saturated carbocycles. The highest BCUT2D eigenvalue weighted by atomic mass is 16.6. The number of nitro groups is 1. The number of hydrogen-bond donors (Lipinski definition) is 2. The zero-order chi connectivity index (χ0) is 15.9. The molecule has 21 heavy (non-hydrogen) atoms. The summed E-state index contributed by atoms with van der Waals surface area (Å²) in [5.74, 6) is -0.383. The van der Waals surface area contributed by atoms with Crippen LogP contribution in [-0.4, -0.2) is 34.7 Å². The smallest absolute Gasteiger partial charge is 0.310 e. The summed E-state index contributed by atoms with van der Waals surface area (Å²) in [6.07, 6.45) is 1.16. The van der Waals surface area contributed by atoms with E-state index in [2.05, 4.69) is 5.32 Å². The normalized spacial score (nSPS) is 11.0. The number of nitro benzene ring substituents is 1. The maximum atomic E-state index is 11.9. The molecular weight excluding hydrogens is 276 g/mol. The summed E-state index contributed by atoms with van der Waals surface area (Å²) < 4.78 is 5.20. The first-order valence-corrected chi connectivity index (χ1v) is 6.76. The first-order chi connectivity index (χ1) is 9.98. The van der Waals surface area contributed by atoms with Gasteiger partial charge in [0.25, 0.3) is 5.91 Å². The highest BCUT2D eigenvalue weighted by molar-refractivity contribution is 5.78. The number of amides is 1. The minimum atomic E-state index is -0.678. The van der Waals surface area contributed by atoms with Gasteiger partial charge in [-0.3, -0.25) is 14.9 Å². The quantitative estimate of drug-likeness (QED) is 0.561. The van der Waals surface area contributed by atoms with Crippen LogP contribution in [0.2, 0.25) is 0 Å². The molecule has 0 aliphatic rings. The summed E-state index contributed by atoms with van der Waals surface area (Å²) >= 11 is 0. The van der Waals surface area contributed by atoms with Crippen molar-refractivity contribution in [2.24, 2.45) is 0 Å². The number of nitrogens with zero attached hydrogens (tertiary/aromatic N) is 1. The van der Waals surface area contributed by atoms with Crippen LogP contribution in [0.15, 0.2) is 24.3 Å². The highest BCUT2D eigenvalue weighted by Gasteiger charge is 2.27. The molecule has 7 heteroatoms. The van der Waals surface area contributed by atoms with Gasteiger partial charge in [-0.05, 0) is 18.9 Å². The van der Waals surface area contributed by atoms with Crippen molar-refractivity contribution in [3.63, 3.8) is 0 Å². The molecule has 0 saturated heterocycles. The number of benzene rings is 1. The Balaban J connectivity index is 2.68. The van der Waals surface area contributed by atoms with Crippen molar-refractivity contribution in [3.8, 4) is 5.75 Å². The second-order valence-corrected chi connectivity index (χ2v) is 4.71. The van der Waals surface area contributed by atoms with Crippen LogP contribution in [0, 0.1) is 10.1 Å². The summed E-state index contributed by atoms with van der Waals surface area (Å²) in [4.78, 5) is 22.1. The minimum Gasteiger partial charge on any atom is -0.477 e.